The molecule has 0 aliphatic carbocycles. The van der Waals surface area contributed by atoms with E-state index in [0.29, 0.717) is 24.5 Å². The van der Waals surface area contributed by atoms with Crippen LogP contribution >= 0.6 is 11.6 Å². The number of aromatic nitrogens is 2. The van der Waals surface area contributed by atoms with Crippen molar-refractivity contribution in [1.29, 1.82) is 0 Å². The Morgan fingerprint density at radius 3 is 2.43 bits per heavy atom. The van der Waals surface area contributed by atoms with Gasteiger partial charge in [-0.3, -0.25) is 4.79 Å². The van der Waals surface area contributed by atoms with Crippen molar-refractivity contribution < 1.29 is 18.7 Å². The maximum atomic E-state index is 13.2. The molecule has 1 aromatic heterocycles. The average molecular weight is 430 g/mol. The second kappa shape index (κ2) is 9.54. The molecule has 0 radical (unpaired) electrons. The molecule has 0 bridgehead atoms. The molecule has 3 aromatic rings. The molecule has 0 N–H and O–H groups in total. The third kappa shape index (κ3) is 4.86. The number of likely N-dealkylation sites (N-methyl/N-ethyl adjacent to an activating group) is 1. The zero-order valence-electron chi connectivity index (χ0n) is 16.6. The summed E-state index contributed by atoms with van der Waals surface area (Å²) < 4.78 is 19.7. The van der Waals surface area contributed by atoms with Crippen LogP contribution in [0.15, 0.2) is 54.6 Å². The quantitative estimate of drug-likeness (QED) is 0.528. The molecule has 0 saturated heterocycles. The third-order valence-electron chi connectivity index (χ3n) is 4.56. The van der Waals surface area contributed by atoms with Crippen LogP contribution in [0.1, 0.15) is 28.5 Å². The lowest BCUT2D eigenvalue weighted by Crippen LogP contribution is -2.34. The third-order valence-corrected chi connectivity index (χ3v) is 4.91. The lowest BCUT2D eigenvalue weighted by atomic mass is 10.2. The molecule has 1 amide bonds. The van der Waals surface area contributed by atoms with E-state index >= 15 is 0 Å². The van der Waals surface area contributed by atoms with Gasteiger partial charge < -0.3 is 9.64 Å². The van der Waals surface area contributed by atoms with Crippen LogP contribution in [-0.2, 0) is 16.1 Å². The normalized spacial score (nSPS) is 10.7. The molecule has 30 heavy (non-hydrogen) atoms. The van der Waals surface area contributed by atoms with Crippen molar-refractivity contribution in [2.75, 3.05) is 13.2 Å². The molecule has 8 heteroatoms. The van der Waals surface area contributed by atoms with Crippen molar-refractivity contribution in [1.82, 2.24) is 14.7 Å². The largest absolute Gasteiger partial charge is 0.452 e. The predicted molar refractivity (Wildman–Crippen MR) is 111 cm³/mol. The van der Waals surface area contributed by atoms with E-state index < -0.39 is 18.4 Å². The second-order valence-corrected chi connectivity index (χ2v) is 6.97. The average Bonchev–Trinajstić information content (AvgIpc) is 3.05. The van der Waals surface area contributed by atoms with Crippen molar-refractivity contribution in [3.63, 3.8) is 0 Å². The highest BCUT2D eigenvalue weighted by atomic mass is 35.5. The molecule has 2 aromatic carbocycles. The van der Waals surface area contributed by atoms with Crippen molar-refractivity contribution in [3.8, 4) is 5.69 Å². The minimum Gasteiger partial charge on any atom is -0.452 e. The van der Waals surface area contributed by atoms with Gasteiger partial charge in [0.1, 0.15) is 16.5 Å². The molecule has 0 atom stereocenters. The van der Waals surface area contributed by atoms with Gasteiger partial charge >= 0.3 is 5.97 Å². The number of carbonyl (C=O) groups is 2. The van der Waals surface area contributed by atoms with E-state index in [1.807, 2.05) is 37.3 Å². The summed E-state index contributed by atoms with van der Waals surface area (Å²) in [6, 6.07) is 15.1. The number of ether oxygens (including phenoxy) is 1. The maximum Gasteiger partial charge on any atom is 0.343 e. The summed E-state index contributed by atoms with van der Waals surface area (Å²) in [6.45, 7) is 3.97. The summed E-state index contributed by atoms with van der Waals surface area (Å²) >= 11 is 6.32. The molecule has 0 aliphatic heterocycles. The van der Waals surface area contributed by atoms with Crippen LogP contribution in [0.25, 0.3) is 5.69 Å². The van der Waals surface area contributed by atoms with E-state index in [4.69, 9.17) is 16.3 Å². The zero-order chi connectivity index (χ0) is 21.7. The van der Waals surface area contributed by atoms with E-state index in [2.05, 4.69) is 5.10 Å². The summed E-state index contributed by atoms with van der Waals surface area (Å²) in [5.74, 6) is -1.45. The number of carbonyl (C=O) groups excluding carboxylic acids is 2. The standard InChI is InChI=1S/C22H21ClFN3O3/c1-3-26(13-16-7-5-4-6-8-16)19(28)14-30-22(29)20-15(2)25-27(21(20)23)18-11-9-17(24)10-12-18/h4-12H,3,13-14H2,1-2H3. The van der Waals surface area contributed by atoms with Crippen molar-refractivity contribution in [3.05, 3.63) is 82.4 Å². The highest BCUT2D eigenvalue weighted by Crippen LogP contribution is 2.24. The van der Waals surface area contributed by atoms with Crippen molar-refractivity contribution in [2.45, 2.75) is 20.4 Å². The predicted octanol–water partition coefficient (Wildman–Crippen LogP) is 4.18. The van der Waals surface area contributed by atoms with Gasteiger partial charge in [0.05, 0.1) is 11.4 Å². The Morgan fingerprint density at radius 2 is 1.80 bits per heavy atom. The number of aryl methyl sites for hydroxylation is 1. The van der Waals surface area contributed by atoms with Gasteiger partial charge in [0.25, 0.3) is 5.91 Å². The van der Waals surface area contributed by atoms with Crippen LogP contribution in [0, 0.1) is 12.7 Å². The molecular formula is C22H21ClFN3O3. The van der Waals surface area contributed by atoms with Gasteiger partial charge in [-0.2, -0.15) is 5.10 Å². The van der Waals surface area contributed by atoms with Gasteiger partial charge in [0.15, 0.2) is 6.61 Å². The van der Waals surface area contributed by atoms with Gasteiger partial charge in [0.2, 0.25) is 0 Å². The molecule has 156 valence electrons. The summed E-state index contributed by atoms with van der Waals surface area (Å²) in [7, 11) is 0. The maximum absolute atomic E-state index is 13.2. The first-order valence-electron chi connectivity index (χ1n) is 9.40. The van der Waals surface area contributed by atoms with Gasteiger partial charge in [-0.05, 0) is 43.7 Å². The number of halogens is 2. The van der Waals surface area contributed by atoms with Gasteiger partial charge in [-0.15, -0.1) is 0 Å². The Balaban J connectivity index is 1.68. The van der Waals surface area contributed by atoms with Crippen LogP contribution in [-0.4, -0.2) is 39.7 Å². The number of nitrogens with zero attached hydrogens (tertiary/aromatic N) is 3. The van der Waals surface area contributed by atoms with Crippen LogP contribution in [0.5, 0.6) is 0 Å². The van der Waals surface area contributed by atoms with Gasteiger partial charge in [-0.25, -0.2) is 13.9 Å². The first kappa shape index (κ1) is 21.5. The molecule has 0 saturated carbocycles. The number of hydrogen-bond acceptors (Lipinski definition) is 4. The number of amides is 1. The zero-order valence-corrected chi connectivity index (χ0v) is 17.4. The molecule has 3 rings (SSSR count). The Kier molecular flexibility index (Phi) is 6.84. The minimum absolute atomic E-state index is 0.0354. The van der Waals surface area contributed by atoms with Crippen LogP contribution in [0.2, 0.25) is 5.15 Å². The smallest absolute Gasteiger partial charge is 0.343 e. The Morgan fingerprint density at radius 1 is 1.13 bits per heavy atom. The molecule has 0 unspecified atom stereocenters. The Hall–Kier alpha value is -3.19. The summed E-state index contributed by atoms with van der Waals surface area (Å²) in [5.41, 5.74) is 1.90. The highest BCUT2D eigenvalue weighted by molar-refractivity contribution is 6.33. The SMILES string of the molecule is CCN(Cc1ccccc1)C(=O)COC(=O)c1c(C)nn(-c2ccc(F)cc2)c1Cl. The fourth-order valence-corrected chi connectivity index (χ4v) is 3.30. The van der Waals surface area contributed by atoms with E-state index in [-0.39, 0.29) is 16.6 Å². The number of esters is 1. The number of rotatable bonds is 7. The summed E-state index contributed by atoms with van der Waals surface area (Å²) in [5, 5.41) is 4.27. The van der Waals surface area contributed by atoms with E-state index in [1.165, 1.54) is 28.9 Å². The first-order valence-corrected chi connectivity index (χ1v) is 9.78. The number of benzene rings is 2. The van der Waals surface area contributed by atoms with E-state index in [9.17, 15) is 14.0 Å². The molecule has 6 nitrogen and oxygen atoms in total. The van der Waals surface area contributed by atoms with Crippen LogP contribution < -0.4 is 0 Å². The molecule has 0 fully saturated rings. The van der Waals surface area contributed by atoms with Crippen molar-refractivity contribution >= 4 is 23.5 Å². The van der Waals surface area contributed by atoms with Gasteiger partial charge in [-0.1, -0.05) is 41.9 Å². The van der Waals surface area contributed by atoms with Crippen molar-refractivity contribution in [2.24, 2.45) is 0 Å². The Labute approximate surface area is 178 Å². The van der Waals surface area contributed by atoms with E-state index in [1.54, 1.807) is 11.8 Å². The monoisotopic (exact) mass is 429 g/mol. The lowest BCUT2D eigenvalue weighted by molar-refractivity contribution is -0.134. The number of hydrogen-bond donors (Lipinski definition) is 0. The fourth-order valence-electron chi connectivity index (χ4n) is 2.96. The summed E-state index contributed by atoms with van der Waals surface area (Å²) in [4.78, 5) is 26.7. The van der Waals surface area contributed by atoms with Crippen LogP contribution in [0.4, 0.5) is 4.39 Å². The Bertz CT molecular complexity index is 1040. The second-order valence-electron chi connectivity index (χ2n) is 6.61. The topological polar surface area (TPSA) is 64.4 Å². The lowest BCUT2D eigenvalue weighted by Gasteiger charge is -2.20. The van der Waals surface area contributed by atoms with Gasteiger partial charge in [0, 0.05) is 13.1 Å². The van der Waals surface area contributed by atoms with E-state index in [0.717, 1.165) is 5.56 Å². The first-order chi connectivity index (χ1) is 14.4. The fraction of sp³-hybridized carbons (Fsp3) is 0.227. The molecule has 0 aliphatic rings. The minimum atomic E-state index is -0.741. The summed E-state index contributed by atoms with van der Waals surface area (Å²) in [6.07, 6.45) is 0. The molecule has 1 heterocycles. The molecular weight excluding hydrogens is 409 g/mol. The highest BCUT2D eigenvalue weighted by Gasteiger charge is 2.24. The molecule has 0 spiro atoms. The van der Waals surface area contributed by atoms with Crippen LogP contribution in [0.3, 0.4) is 0 Å².